The molecule has 8 aliphatic heterocycles. The summed E-state index contributed by atoms with van der Waals surface area (Å²) in [5, 5.41) is 0. The van der Waals surface area contributed by atoms with E-state index in [1.165, 1.54) is 21.9 Å². The fraction of sp³-hybridized carbons (Fsp3) is 0.176. The van der Waals surface area contributed by atoms with Crippen molar-refractivity contribution in [2.75, 3.05) is 39.9 Å². The second-order valence-corrected chi connectivity index (χ2v) is 22.0. The molecule has 0 amide bonds. The van der Waals surface area contributed by atoms with Gasteiger partial charge in [-0.25, -0.2) is 0 Å². The van der Waals surface area contributed by atoms with Gasteiger partial charge in [-0.05, 0) is 124 Å². The van der Waals surface area contributed by atoms with Crippen LogP contribution in [-0.4, -0.2) is 63.4 Å². The molecule has 67 heavy (non-hydrogen) atoms. The molecule has 8 nitrogen and oxygen atoms in total. The van der Waals surface area contributed by atoms with Crippen LogP contribution < -0.4 is 75.3 Å². The molecule has 8 heterocycles. The smallest absolute Gasteiger partial charge is 0.275 e. The van der Waals surface area contributed by atoms with E-state index in [1.807, 2.05) is 6.07 Å². The standard InChI is InChI=1S/C51H37B3N2O6S5/c1-63-24-14-35-45-41(16-24)57-39-23-34-30(53-46-36(56(34)67-5)15-25(64-2)17-42(46)59-48-27-10-6-8-12-37(27)61-50(48)53)21-31(39)52(45)29-20-32-40(22-33(29)55(35)66-4)58-43-18-26(65-3)19-44-47(43)54(32)51-49(60-44)28-11-7-9-13-38(28)62-51/h6-23,48-51H,1-5H3. The molecule has 0 spiro atoms. The molecule has 0 saturated carbocycles. The predicted octanol–water partition coefficient (Wildman–Crippen LogP) is 8.12. The lowest BCUT2D eigenvalue weighted by Gasteiger charge is -2.44. The Labute approximate surface area is 411 Å². The van der Waals surface area contributed by atoms with Gasteiger partial charge in [0.05, 0.1) is 22.7 Å². The maximum absolute atomic E-state index is 7.24. The van der Waals surface area contributed by atoms with E-state index in [1.54, 1.807) is 59.2 Å². The van der Waals surface area contributed by atoms with Gasteiger partial charge in [-0.1, -0.05) is 48.5 Å². The van der Waals surface area contributed by atoms with Gasteiger partial charge in [0, 0.05) is 55.9 Å². The minimum Gasteiger partial charge on any atom is -0.493 e. The summed E-state index contributed by atoms with van der Waals surface area (Å²) in [5.74, 6) is 6.96. The van der Waals surface area contributed by atoms with Gasteiger partial charge >= 0.3 is 0 Å². The Bertz CT molecular complexity index is 3380. The molecule has 326 valence electrons. The quantitative estimate of drug-likeness (QED) is 0.0950. The molecule has 8 aliphatic rings. The third kappa shape index (κ3) is 5.34. The summed E-state index contributed by atoms with van der Waals surface area (Å²) < 4.78 is 47.0. The van der Waals surface area contributed by atoms with E-state index >= 15 is 0 Å². The van der Waals surface area contributed by atoms with Crippen molar-refractivity contribution in [2.45, 2.75) is 38.9 Å². The Morgan fingerprint density at radius 2 is 0.881 bits per heavy atom. The average molecular weight is 967 g/mol. The zero-order chi connectivity index (χ0) is 44.6. The van der Waals surface area contributed by atoms with Crippen LogP contribution in [0, 0.1) is 0 Å². The molecule has 0 fully saturated rings. The van der Waals surface area contributed by atoms with Gasteiger partial charge in [-0.3, -0.25) is 8.61 Å². The van der Waals surface area contributed by atoms with Gasteiger partial charge in [-0.2, -0.15) is 0 Å². The summed E-state index contributed by atoms with van der Waals surface area (Å²) in [7, 11) is 0. The lowest BCUT2D eigenvalue weighted by atomic mass is 9.29. The third-order valence-corrected chi connectivity index (χ3v) is 18.6. The SMILES string of the molecule is CSc1cc2c3c(c1)OC1c4ccccc4OC1B3c1cc3c(cc1O2)N(SC)c1cc(SC)cc2c1B3c1cc3c(cc1O2)N(SC)c1cc(SC)cc2c1B3C1Oc3ccccc3C1O2. The number of thioether (sulfide) groups is 3. The van der Waals surface area contributed by atoms with Crippen LogP contribution >= 0.6 is 59.2 Å². The van der Waals surface area contributed by atoms with E-state index in [2.05, 4.69) is 143 Å². The van der Waals surface area contributed by atoms with E-state index in [9.17, 15) is 0 Å². The highest BCUT2D eigenvalue weighted by Gasteiger charge is 2.56. The lowest BCUT2D eigenvalue weighted by Crippen LogP contribution is -2.66. The largest absolute Gasteiger partial charge is 0.493 e. The minimum atomic E-state index is -0.277. The average Bonchev–Trinajstić information content (AvgIpc) is 3.93. The molecule has 7 aromatic carbocycles. The first kappa shape index (κ1) is 39.8. The summed E-state index contributed by atoms with van der Waals surface area (Å²) in [4.78, 5) is 3.40. The third-order valence-electron chi connectivity index (χ3n) is 14.9. The van der Waals surface area contributed by atoms with Crippen molar-refractivity contribution in [3.8, 4) is 46.0 Å². The molecule has 0 aromatic heterocycles. The second-order valence-electron chi connectivity index (χ2n) is 17.9. The van der Waals surface area contributed by atoms with Crippen LogP contribution in [0.5, 0.6) is 46.0 Å². The zero-order valence-corrected chi connectivity index (χ0v) is 40.9. The molecule has 4 atom stereocenters. The van der Waals surface area contributed by atoms with Crippen molar-refractivity contribution in [1.82, 2.24) is 0 Å². The van der Waals surface area contributed by atoms with Crippen molar-refractivity contribution >= 4 is 140 Å². The van der Waals surface area contributed by atoms with E-state index in [4.69, 9.17) is 28.4 Å². The Morgan fingerprint density at radius 3 is 1.48 bits per heavy atom. The van der Waals surface area contributed by atoms with Crippen LogP contribution in [0.3, 0.4) is 0 Å². The summed E-state index contributed by atoms with van der Waals surface area (Å²) in [6, 6.07) is 39.1. The number of para-hydroxylation sites is 2. The van der Waals surface area contributed by atoms with Gasteiger partial charge < -0.3 is 28.4 Å². The van der Waals surface area contributed by atoms with E-state index in [0.717, 1.165) is 111 Å². The summed E-state index contributed by atoms with van der Waals surface area (Å²) in [6.45, 7) is -0.391. The molecule has 16 heteroatoms. The van der Waals surface area contributed by atoms with Crippen LogP contribution in [0.25, 0.3) is 0 Å². The first-order chi connectivity index (χ1) is 32.9. The van der Waals surface area contributed by atoms with Crippen LogP contribution in [0.1, 0.15) is 23.3 Å². The number of rotatable bonds is 5. The van der Waals surface area contributed by atoms with Crippen LogP contribution in [-0.2, 0) is 0 Å². The molecular weight excluding hydrogens is 929 g/mol. The molecule has 0 radical (unpaired) electrons. The second kappa shape index (κ2) is 14.5. The van der Waals surface area contributed by atoms with Gasteiger partial charge in [0.25, 0.3) is 20.1 Å². The number of fused-ring (bicyclic) bond motifs is 16. The van der Waals surface area contributed by atoms with Crippen molar-refractivity contribution < 1.29 is 28.4 Å². The molecular formula is C51H37B3N2O6S5. The fourth-order valence-corrected chi connectivity index (χ4v) is 15.0. The van der Waals surface area contributed by atoms with Gasteiger partial charge in [0.2, 0.25) is 0 Å². The molecule has 0 N–H and O–H groups in total. The van der Waals surface area contributed by atoms with Crippen molar-refractivity contribution in [2.24, 2.45) is 0 Å². The molecule has 0 aliphatic carbocycles. The molecule has 4 unspecified atom stereocenters. The lowest BCUT2D eigenvalue weighted by molar-refractivity contribution is 0.128. The number of anilines is 4. The van der Waals surface area contributed by atoms with Crippen molar-refractivity contribution in [3.05, 3.63) is 120 Å². The number of nitrogens with zero attached hydrogens (tertiary/aromatic N) is 2. The molecule has 0 bridgehead atoms. The van der Waals surface area contributed by atoms with Gasteiger partial charge in [0.15, 0.2) is 12.2 Å². The summed E-state index contributed by atoms with van der Waals surface area (Å²) in [6.07, 6.45) is 10.2. The maximum Gasteiger partial charge on any atom is 0.275 e. The first-order valence-corrected chi connectivity index (χ1v) is 28.4. The normalized spacial score (nSPS) is 20.3. The van der Waals surface area contributed by atoms with Gasteiger partial charge in [-0.15, -0.1) is 35.3 Å². The maximum atomic E-state index is 7.24. The topological polar surface area (TPSA) is 61.9 Å². The number of hydrogen-bond donors (Lipinski definition) is 0. The summed E-state index contributed by atoms with van der Waals surface area (Å²) >= 11 is 8.59. The molecule has 7 aromatic rings. The zero-order valence-electron chi connectivity index (χ0n) is 36.8. The predicted molar refractivity (Wildman–Crippen MR) is 282 cm³/mol. The Morgan fingerprint density at radius 1 is 0.403 bits per heavy atom. The highest BCUT2D eigenvalue weighted by molar-refractivity contribution is 8.00. The van der Waals surface area contributed by atoms with E-state index in [-0.39, 0.29) is 44.4 Å². The number of benzene rings is 7. The van der Waals surface area contributed by atoms with Crippen molar-refractivity contribution in [3.63, 3.8) is 0 Å². The summed E-state index contributed by atoms with van der Waals surface area (Å²) in [5.41, 5.74) is 14.7. The van der Waals surface area contributed by atoms with Crippen LogP contribution in [0.15, 0.2) is 124 Å². The Hall–Kier alpha value is -5.12. The highest BCUT2D eigenvalue weighted by Crippen LogP contribution is 2.51. The Balaban J connectivity index is 0.968. The van der Waals surface area contributed by atoms with Crippen LogP contribution in [0.4, 0.5) is 22.7 Å². The highest BCUT2D eigenvalue weighted by atomic mass is 32.2. The molecule has 0 saturated heterocycles. The minimum absolute atomic E-state index is 0.0976. The van der Waals surface area contributed by atoms with Crippen LogP contribution in [0.2, 0.25) is 0 Å². The van der Waals surface area contributed by atoms with Gasteiger partial charge in [0.1, 0.15) is 58.0 Å². The number of hydrogen-bond acceptors (Lipinski definition) is 13. The Kier molecular flexibility index (Phi) is 8.60. The molecule has 15 rings (SSSR count). The van der Waals surface area contributed by atoms with E-state index < -0.39 is 0 Å². The monoisotopic (exact) mass is 966 g/mol. The number of ether oxygens (including phenoxy) is 6. The first-order valence-electron chi connectivity index (χ1n) is 22.3. The van der Waals surface area contributed by atoms with E-state index in [0.29, 0.717) is 0 Å². The van der Waals surface area contributed by atoms with Crippen molar-refractivity contribution in [1.29, 1.82) is 0 Å². The fourth-order valence-electron chi connectivity index (χ4n) is 12.2.